The fraction of sp³-hybridized carbons (Fsp3) is 0.583. The first-order chi connectivity index (χ1) is 14.5. The first-order valence-corrected chi connectivity index (χ1v) is 11.1. The number of carbonyl (C=O) groups excluding carboxylic acids is 2. The summed E-state index contributed by atoms with van der Waals surface area (Å²) in [5, 5.41) is 3.09. The molecule has 2 aliphatic heterocycles. The van der Waals surface area contributed by atoms with Gasteiger partial charge in [0, 0.05) is 20.0 Å². The minimum atomic E-state index is -0.863. The molecule has 162 valence electrons. The molecule has 4 rings (SSSR count). The Balaban J connectivity index is 1.49. The summed E-state index contributed by atoms with van der Waals surface area (Å²) in [6.45, 7) is 3.11. The topological polar surface area (TPSA) is 61.9 Å². The summed E-state index contributed by atoms with van der Waals surface area (Å²) in [7, 11) is 3.22. The van der Waals surface area contributed by atoms with Crippen molar-refractivity contribution in [1.29, 1.82) is 0 Å². The van der Waals surface area contributed by atoms with E-state index in [9.17, 15) is 9.59 Å². The molecule has 6 nitrogen and oxygen atoms in total. The van der Waals surface area contributed by atoms with E-state index in [2.05, 4.69) is 22.4 Å². The van der Waals surface area contributed by atoms with E-state index >= 15 is 0 Å². The number of likely N-dealkylation sites (N-methyl/N-ethyl adjacent to an activating group) is 1. The predicted octanol–water partition coefficient (Wildman–Crippen LogP) is 3.23. The van der Waals surface area contributed by atoms with E-state index in [1.54, 1.807) is 14.2 Å². The van der Waals surface area contributed by atoms with Gasteiger partial charge in [-0.1, -0.05) is 24.3 Å². The van der Waals surface area contributed by atoms with Crippen molar-refractivity contribution in [2.45, 2.75) is 44.1 Å². The quantitative estimate of drug-likeness (QED) is 0.577. The lowest BCUT2D eigenvalue weighted by atomic mass is 9.73. The van der Waals surface area contributed by atoms with Gasteiger partial charge in [-0.3, -0.25) is 9.69 Å². The molecule has 2 atom stereocenters. The van der Waals surface area contributed by atoms with Crippen LogP contribution in [-0.4, -0.2) is 61.1 Å². The molecule has 2 saturated heterocycles. The number of piperidine rings is 1. The Morgan fingerprint density at radius 2 is 1.97 bits per heavy atom. The summed E-state index contributed by atoms with van der Waals surface area (Å²) in [4.78, 5) is 29.5. The fourth-order valence-corrected chi connectivity index (χ4v) is 5.36. The highest BCUT2D eigenvalue weighted by atomic mass is 16.5. The van der Waals surface area contributed by atoms with E-state index in [1.807, 2.05) is 24.3 Å². The summed E-state index contributed by atoms with van der Waals surface area (Å²) < 4.78 is 5.36. The number of ether oxygens (including phenoxy) is 1. The highest BCUT2D eigenvalue weighted by Gasteiger charge is 2.54. The van der Waals surface area contributed by atoms with Crippen LogP contribution in [0.5, 0.6) is 5.75 Å². The third-order valence-corrected chi connectivity index (χ3v) is 7.12. The van der Waals surface area contributed by atoms with Crippen molar-refractivity contribution in [1.82, 2.24) is 15.1 Å². The molecule has 1 aromatic carbocycles. The zero-order valence-corrected chi connectivity index (χ0v) is 18.1. The van der Waals surface area contributed by atoms with Gasteiger partial charge in [-0.15, -0.1) is 0 Å². The van der Waals surface area contributed by atoms with Crippen molar-refractivity contribution in [2.24, 2.45) is 11.8 Å². The largest absolute Gasteiger partial charge is 0.497 e. The molecule has 6 heteroatoms. The summed E-state index contributed by atoms with van der Waals surface area (Å²) in [5.41, 5.74) is 0.146. The second-order valence-electron chi connectivity index (χ2n) is 9.02. The van der Waals surface area contributed by atoms with E-state index in [0.29, 0.717) is 6.42 Å². The van der Waals surface area contributed by atoms with Gasteiger partial charge in [0.2, 0.25) is 0 Å². The van der Waals surface area contributed by atoms with Gasteiger partial charge in [-0.05, 0) is 74.7 Å². The van der Waals surface area contributed by atoms with Crippen LogP contribution < -0.4 is 10.1 Å². The van der Waals surface area contributed by atoms with Crippen LogP contribution in [0.3, 0.4) is 0 Å². The Morgan fingerprint density at radius 1 is 1.17 bits per heavy atom. The Labute approximate surface area is 179 Å². The van der Waals surface area contributed by atoms with Crippen LogP contribution in [-0.2, 0) is 11.2 Å². The van der Waals surface area contributed by atoms with Crippen LogP contribution in [0.2, 0.25) is 0 Å². The average Bonchev–Trinajstić information content (AvgIpc) is 2.99. The average molecular weight is 412 g/mol. The van der Waals surface area contributed by atoms with Crippen LogP contribution in [0.25, 0.3) is 0 Å². The number of benzene rings is 1. The fourth-order valence-electron chi connectivity index (χ4n) is 5.36. The van der Waals surface area contributed by atoms with E-state index in [0.717, 1.165) is 49.7 Å². The lowest BCUT2D eigenvalue weighted by Gasteiger charge is -2.42. The van der Waals surface area contributed by atoms with Gasteiger partial charge in [0.25, 0.3) is 5.91 Å². The lowest BCUT2D eigenvalue weighted by molar-refractivity contribution is -0.133. The Kier molecular flexibility index (Phi) is 6.14. The molecule has 0 saturated carbocycles. The van der Waals surface area contributed by atoms with Crippen molar-refractivity contribution >= 4 is 11.9 Å². The number of amides is 3. The molecule has 2 fully saturated rings. The Morgan fingerprint density at radius 3 is 2.60 bits per heavy atom. The lowest BCUT2D eigenvalue weighted by Crippen LogP contribution is -2.57. The van der Waals surface area contributed by atoms with Gasteiger partial charge in [0.15, 0.2) is 0 Å². The molecule has 2 unspecified atom stereocenters. The number of rotatable bonds is 6. The maximum atomic E-state index is 13.3. The van der Waals surface area contributed by atoms with Gasteiger partial charge in [0.05, 0.1) is 7.11 Å². The molecule has 0 bridgehead atoms. The molecule has 1 aliphatic carbocycles. The Bertz CT molecular complexity index is 816. The molecule has 1 aromatic rings. The molecule has 0 radical (unpaired) electrons. The smallest absolute Gasteiger partial charge is 0.324 e. The van der Waals surface area contributed by atoms with Crippen molar-refractivity contribution in [2.75, 3.05) is 33.8 Å². The van der Waals surface area contributed by atoms with E-state index in [-0.39, 0.29) is 17.9 Å². The maximum absolute atomic E-state index is 13.3. The van der Waals surface area contributed by atoms with Crippen LogP contribution in [0, 0.1) is 11.8 Å². The molecule has 0 spiro atoms. The normalized spacial score (nSPS) is 28.1. The van der Waals surface area contributed by atoms with Gasteiger partial charge in [-0.2, -0.15) is 0 Å². The first-order valence-electron chi connectivity index (χ1n) is 11.1. The molecule has 30 heavy (non-hydrogen) atoms. The number of nitrogens with zero attached hydrogens (tertiary/aromatic N) is 2. The first kappa shape index (κ1) is 20.9. The molecule has 3 aliphatic rings. The zero-order valence-electron chi connectivity index (χ0n) is 18.1. The second kappa shape index (κ2) is 8.80. The molecule has 0 aromatic heterocycles. The van der Waals surface area contributed by atoms with Gasteiger partial charge >= 0.3 is 6.03 Å². The van der Waals surface area contributed by atoms with Crippen molar-refractivity contribution < 1.29 is 14.3 Å². The monoisotopic (exact) mass is 411 g/mol. The summed E-state index contributed by atoms with van der Waals surface area (Å²) in [5.74, 6) is 1.54. The predicted molar refractivity (Wildman–Crippen MR) is 116 cm³/mol. The minimum absolute atomic E-state index is 0.105. The van der Waals surface area contributed by atoms with Crippen LogP contribution >= 0.6 is 0 Å². The molecule has 2 heterocycles. The number of imide groups is 1. The number of allylic oxidation sites excluding steroid dienone is 2. The number of carbonyl (C=O) groups is 2. The number of urea groups is 1. The molecule has 3 amide bonds. The second-order valence-corrected chi connectivity index (χ2v) is 9.02. The van der Waals surface area contributed by atoms with Crippen molar-refractivity contribution in [3.05, 3.63) is 42.0 Å². The summed E-state index contributed by atoms with van der Waals surface area (Å²) in [6.07, 6.45) is 10.6. The maximum Gasteiger partial charge on any atom is 0.324 e. The third kappa shape index (κ3) is 4.10. The SMILES string of the molecule is COc1cccc(CC2(C3CCN(CC4CC=CCC4)CC3)NC(=O)N(C)C2=O)c1. The number of likely N-dealkylation sites (tertiary alicyclic amines) is 1. The summed E-state index contributed by atoms with van der Waals surface area (Å²) in [6, 6.07) is 7.52. The van der Waals surface area contributed by atoms with Gasteiger partial charge < -0.3 is 15.0 Å². The van der Waals surface area contributed by atoms with E-state index in [4.69, 9.17) is 4.74 Å². The number of methoxy groups -OCH3 is 1. The van der Waals surface area contributed by atoms with E-state index < -0.39 is 5.54 Å². The van der Waals surface area contributed by atoms with Crippen molar-refractivity contribution in [3.63, 3.8) is 0 Å². The Hall–Kier alpha value is -2.34. The van der Waals surface area contributed by atoms with Gasteiger partial charge in [-0.25, -0.2) is 4.79 Å². The van der Waals surface area contributed by atoms with E-state index in [1.165, 1.54) is 24.2 Å². The molecule has 1 N–H and O–H groups in total. The standard InChI is InChI=1S/C24H33N3O3/c1-26-22(28)24(25-23(26)29,16-19-9-6-10-21(15-19)30-2)20-11-13-27(14-12-20)17-18-7-4-3-5-8-18/h3-4,6,9-10,15,18,20H,5,7-8,11-14,16-17H2,1-2H3,(H,25,29). The number of nitrogens with one attached hydrogen (secondary N) is 1. The minimum Gasteiger partial charge on any atom is -0.497 e. The van der Waals surface area contributed by atoms with Crippen LogP contribution in [0.15, 0.2) is 36.4 Å². The van der Waals surface area contributed by atoms with Crippen LogP contribution in [0.4, 0.5) is 4.79 Å². The highest BCUT2D eigenvalue weighted by molar-refractivity contribution is 6.07. The zero-order chi connectivity index (χ0) is 21.1. The van der Waals surface area contributed by atoms with Crippen molar-refractivity contribution in [3.8, 4) is 5.75 Å². The number of hydrogen-bond acceptors (Lipinski definition) is 4. The third-order valence-electron chi connectivity index (χ3n) is 7.12. The van der Waals surface area contributed by atoms with Crippen LogP contribution in [0.1, 0.15) is 37.7 Å². The number of hydrogen-bond donors (Lipinski definition) is 1. The molecular formula is C24H33N3O3. The van der Waals surface area contributed by atoms with Gasteiger partial charge in [0.1, 0.15) is 11.3 Å². The molecular weight excluding hydrogens is 378 g/mol. The highest BCUT2D eigenvalue weighted by Crippen LogP contribution is 2.37. The summed E-state index contributed by atoms with van der Waals surface area (Å²) >= 11 is 0.